The number of aliphatic hydroxyl groups is 5. The van der Waals surface area contributed by atoms with Gasteiger partial charge in [0.15, 0.2) is 0 Å². The van der Waals surface area contributed by atoms with Crippen molar-refractivity contribution in [3.05, 3.63) is 12.2 Å². The number of nitrogens with one attached hydrogen (secondary N) is 2. The molecule has 0 radical (unpaired) electrons. The molecule has 0 saturated carbocycles. The SMILES string of the molecule is CCCCCCCCCCCCCCCCCCCCCCCCOC(=O)NC(CNC1CCC=CC(O)C(O)C1O)C(O)CC(O)CC. The van der Waals surface area contributed by atoms with Crippen molar-refractivity contribution < 1.29 is 35.1 Å². The molecule has 7 atom stereocenters. The minimum Gasteiger partial charge on any atom is -0.450 e. The van der Waals surface area contributed by atoms with E-state index in [1.54, 1.807) is 6.08 Å². The molecule has 1 amide bonds. The van der Waals surface area contributed by atoms with Crippen LogP contribution in [-0.2, 0) is 4.74 Å². The summed E-state index contributed by atoms with van der Waals surface area (Å²) in [6, 6.07) is -1.32. The van der Waals surface area contributed by atoms with E-state index in [0.29, 0.717) is 25.9 Å². The van der Waals surface area contributed by atoms with Crippen molar-refractivity contribution in [2.75, 3.05) is 13.2 Å². The summed E-state index contributed by atoms with van der Waals surface area (Å²) in [6.45, 7) is 4.50. The third-order valence-electron chi connectivity index (χ3n) is 10.2. The molecule has 9 heteroatoms. The Bertz CT molecular complexity index is 786. The molecule has 49 heavy (non-hydrogen) atoms. The first-order valence-electron chi connectivity index (χ1n) is 20.5. The highest BCUT2D eigenvalue weighted by Gasteiger charge is 2.32. The highest BCUT2D eigenvalue weighted by Crippen LogP contribution is 2.17. The van der Waals surface area contributed by atoms with Gasteiger partial charge in [0.05, 0.1) is 31.0 Å². The monoisotopic (exact) mass is 699 g/mol. The fourth-order valence-corrected chi connectivity index (χ4v) is 6.70. The van der Waals surface area contributed by atoms with E-state index in [1.165, 1.54) is 128 Å². The molecule has 0 fully saturated rings. The average molecular weight is 699 g/mol. The Kier molecular flexibility index (Phi) is 29.4. The number of aliphatic hydroxyl groups excluding tert-OH is 5. The summed E-state index contributed by atoms with van der Waals surface area (Å²) >= 11 is 0. The van der Waals surface area contributed by atoms with Gasteiger partial charge < -0.3 is 40.9 Å². The first-order chi connectivity index (χ1) is 23.8. The Hall–Kier alpha value is -1.23. The van der Waals surface area contributed by atoms with Crippen LogP contribution in [0.5, 0.6) is 0 Å². The van der Waals surface area contributed by atoms with Crippen LogP contribution >= 0.6 is 0 Å². The highest BCUT2D eigenvalue weighted by molar-refractivity contribution is 5.67. The van der Waals surface area contributed by atoms with Crippen LogP contribution in [0.3, 0.4) is 0 Å². The van der Waals surface area contributed by atoms with Crippen LogP contribution < -0.4 is 10.6 Å². The number of hydrogen-bond donors (Lipinski definition) is 7. The lowest BCUT2D eigenvalue weighted by molar-refractivity contribution is -0.0594. The van der Waals surface area contributed by atoms with E-state index < -0.39 is 48.7 Å². The summed E-state index contributed by atoms with van der Waals surface area (Å²) in [5.74, 6) is 0. The lowest BCUT2D eigenvalue weighted by atomic mass is 9.93. The molecule has 1 aliphatic rings. The molecule has 9 nitrogen and oxygen atoms in total. The number of hydrogen-bond acceptors (Lipinski definition) is 8. The Balaban J connectivity index is 2.09. The van der Waals surface area contributed by atoms with Crippen molar-refractivity contribution in [2.24, 2.45) is 0 Å². The highest BCUT2D eigenvalue weighted by atomic mass is 16.5. The molecule has 0 saturated heterocycles. The maximum absolute atomic E-state index is 12.6. The van der Waals surface area contributed by atoms with Gasteiger partial charge >= 0.3 is 6.09 Å². The van der Waals surface area contributed by atoms with E-state index in [2.05, 4.69) is 17.6 Å². The van der Waals surface area contributed by atoms with Gasteiger partial charge in [0.25, 0.3) is 0 Å². The lowest BCUT2D eigenvalue weighted by Gasteiger charge is -2.33. The van der Waals surface area contributed by atoms with E-state index in [4.69, 9.17) is 4.74 Å². The molecule has 7 unspecified atom stereocenters. The van der Waals surface area contributed by atoms with Gasteiger partial charge in [0.1, 0.15) is 12.2 Å². The molecule has 0 spiro atoms. The van der Waals surface area contributed by atoms with Gasteiger partial charge in [-0.2, -0.15) is 0 Å². The molecule has 0 aromatic rings. The van der Waals surface area contributed by atoms with Gasteiger partial charge in [-0.15, -0.1) is 0 Å². The summed E-state index contributed by atoms with van der Waals surface area (Å²) in [4.78, 5) is 12.6. The zero-order valence-corrected chi connectivity index (χ0v) is 31.5. The van der Waals surface area contributed by atoms with Gasteiger partial charge in [-0.05, 0) is 25.7 Å². The summed E-state index contributed by atoms with van der Waals surface area (Å²) in [6.07, 6.45) is 27.9. The fraction of sp³-hybridized carbons (Fsp3) is 0.925. The number of unbranched alkanes of at least 4 members (excludes halogenated alkanes) is 21. The van der Waals surface area contributed by atoms with Gasteiger partial charge in [-0.25, -0.2) is 4.79 Å². The largest absolute Gasteiger partial charge is 0.450 e. The predicted octanol–water partition coefficient (Wildman–Crippen LogP) is 7.60. The number of ether oxygens (including phenoxy) is 1. The predicted molar refractivity (Wildman–Crippen MR) is 201 cm³/mol. The van der Waals surface area contributed by atoms with Crippen molar-refractivity contribution in [2.45, 2.75) is 223 Å². The van der Waals surface area contributed by atoms with Crippen LogP contribution in [0.1, 0.15) is 181 Å². The summed E-state index contributed by atoms with van der Waals surface area (Å²) in [5.41, 5.74) is 0. The number of carbonyl (C=O) groups excluding carboxylic acids is 1. The molecule has 7 N–H and O–H groups in total. The smallest absolute Gasteiger partial charge is 0.407 e. The minimum absolute atomic E-state index is 0.0832. The Morgan fingerprint density at radius 1 is 0.714 bits per heavy atom. The normalized spacial score (nSPS) is 21.5. The van der Waals surface area contributed by atoms with Crippen molar-refractivity contribution in [3.63, 3.8) is 0 Å². The average Bonchev–Trinajstić information content (AvgIpc) is 3.09. The second-order valence-electron chi connectivity index (χ2n) is 14.7. The van der Waals surface area contributed by atoms with Crippen molar-refractivity contribution in [3.8, 4) is 0 Å². The Morgan fingerprint density at radius 2 is 1.18 bits per heavy atom. The van der Waals surface area contributed by atoms with E-state index in [1.807, 2.05) is 6.92 Å². The van der Waals surface area contributed by atoms with Crippen LogP contribution in [0.15, 0.2) is 12.2 Å². The standard InChI is InChI=1S/C40H78N2O7/c1-3-5-6-7-8-9-10-11-12-13-14-15-16-17-18-19-20-21-22-23-24-27-30-49-40(48)42-35(37(45)31-33(43)4-2)32-41-34-28-25-26-29-36(44)39(47)38(34)46/h26,29,33-39,41,43-47H,3-25,27-28,30-32H2,1-2H3,(H,42,48). The number of carbonyl (C=O) groups is 1. The second-order valence-corrected chi connectivity index (χ2v) is 14.7. The third-order valence-corrected chi connectivity index (χ3v) is 10.2. The summed E-state index contributed by atoms with van der Waals surface area (Å²) in [7, 11) is 0. The third kappa shape index (κ3) is 24.6. The molecule has 290 valence electrons. The number of rotatable bonds is 31. The second kappa shape index (κ2) is 31.5. The van der Waals surface area contributed by atoms with Gasteiger partial charge in [0.2, 0.25) is 0 Å². The van der Waals surface area contributed by atoms with Crippen molar-refractivity contribution in [1.82, 2.24) is 10.6 Å². The number of amides is 1. The number of alkyl carbamates (subject to hydrolysis) is 1. The topological polar surface area (TPSA) is 152 Å². The van der Waals surface area contributed by atoms with E-state index in [-0.39, 0.29) is 13.0 Å². The molecule has 1 rings (SSSR count). The molecule has 0 aromatic carbocycles. The maximum Gasteiger partial charge on any atom is 0.407 e. The molecular formula is C40H78N2O7. The first kappa shape index (κ1) is 45.8. The summed E-state index contributed by atoms with van der Waals surface area (Å²) < 4.78 is 5.40. The van der Waals surface area contributed by atoms with Gasteiger partial charge in [0, 0.05) is 19.0 Å². The fourth-order valence-electron chi connectivity index (χ4n) is 6.70. The van der Waals surface area contributed by atoms with Crippen LogP contribution in [0, 0.1) is 0 Å². The first-order valence-corrected chi connectivity index (χ1v) is 20.5. The lowest BCUT2D eigenvalue weighted by Crippen LogP contribution is -2.56. The minimum atomic E-state index is -1.35. The zero-order chi connectivity index (χ0) is 36.0. The number of allylic oxidation sites excluding steroid dienone is 1. The van der Waals surface area contributed by atoms with E-state index in [9.17, 15) is 30.3 Å². The molecule has 0 aliphatic heterocycles. The molecule has 0 heterocycles. The van der Waals surface area contributed by atoms with Crippen LogP contribution in [0.2, 0.25) is 0 Å². The molecule has 0 aromatic heterocycles. The molecular weight excluding hydrogens is 620 g/mol. The zero-order valence-electron chi connectivity index (χ0n) is 31.5. The van der Waals surface area contributed by atoms with Crippen LogP contribution in [0.25, 0.3) is 0 Å². The van der Waals surface area contributed by atoms with Crippen molar-refractivity contribution >= 4 is 6.09 Å². The Labute approximate surface area is 300 Å². The van der Waals surface area contributed by atoms with Gasteiger partial charge in [-0.1, -0.05) is 161 Å². The quantitative estimate of drug-likeness (QED) is 0.0289. The van der Waals surface area contributed by atoms with E-state index >= 15 is 0 Å². The van der Waals surface area contributed by atoms with E-state index in [0.717, 1.165) is 19.3 Å². The molecule has 1 aliphatic carbocycles. The van der Waals surface area contributed by atoms with Crippen LogP contribution in [0.4, 0.5) is 4.79 Å². The molecule has 0 bridgehead atoms. The Morgan fingerprint density at radius 3 is 1.65 bits per heavy atom. The van der Waals surface area contributed by atoms with Gasteiger partial charge in [-0.3, -0.25) is 0 Å². The van der Waals surface area contributed by atoms with Crippen molar-refractivity contribution in [1.29, 1.82) is 0 Å². The maximum atomic E-state index is 12.6. The summed E-state index contributed by atoms with van der Waals surface area (Å²) in [5, 5.41) is 57.5. The van der Waals surface area contributed by atoms with Crippen LogP contribution in [-0.4, -0.2) is 87.4 Å².